The van der Waals surface area contributed by atoms with Gasteiger partial charge in [-0.3, -0.25) is 4.57 Å². The summed E-state index contributed by atoms with van der Waals surface area (Å²) in [6, 6.07) is 0. The van der Waals surface area contributed by atoms with Crippen LogP contribution in [-0.4, -0.2) is 84.3 Å². The number of rotatable bonds is 12. The molecule has 3 N–H and O–H groups in total. The van der Waals surface area contributed by atoms with Crippen molar-refractivity contribution in [1.82, 2.24) is 0 Å². The summed E-state index contributed by atoms with van der Waals surface area (Å²) in [4.78, 5) is 0. The minimum atomic E-state index is -2.53. The SMILES string of the molecule is CC(C)OCC1OC(OCCCCCOP(C)(=O)C(C)C)C(O)C(O)C1O. The molecular formula is C18H37O8P. The maximum absolute atomic E-state index is 12.1. The zero-order valence-electron chi connectivity index (χ0n) is 17.1. The van der Waals surface area contributed by atoms with E-state index in [2.05, 4.69) is 0 Å². The minimum Gasteiger partial charge on any atom is -0.387 e. The number of unbranched alkanes of at least 4 members (excludes halogenated alkanes) is 2. The molecule has 0 saturated carbocycles. The summed E-state index contributed by atoms with van der Waals surface area (Å²) in [5.74, 6) is 0. The summed E-state index contributed by atoms with van der Waals surface area (Å²) >= 11 is 0. The lowest BCUT2D eigenvalue weighted by Crippen LogP contribution is -2.59. The van der Waals surface area contributed by atoms with Crippen LogP contribution in [0.3, 0.4) is 0 Å². The predicted octanol–water partition coefficient (Wildman–Crippen LogP) is 1.74. The monoisotopic (exact) mass is 412 g/mol. The van der Waals surface area contributed by atoms with Crippen LogP contribution in [0, 0.1) is 0 Å². The van der Waals surface area contributed by atoms with Crippen LogP contribution in [0.15, 0.2) is 0 Å². The quantitative estimate of drug-likeness (QED) is 0.328. The Balaban J connectivity index is 2.29. The zero-order chi connectivity index (χ0) is 20.6. The zero-order valence-corrected chi connectivity index (χ0v) is 18.0. The molecule has 0 bridgehead atoms. The van der Waals surface area contributed by atoms with Crippen LogP contribution >= 0.6 is 7.37 Å². The van der Waals surface area contributed by atoms with Gasteiger partial charge < -0.3 is 34.1 Å². The number of aliphatic hydroxyl groups excluding tert-OH is 3. The standard InChI is InChI=1S/C18H37O8P/c1-12(2)24-11-14-15(19)16(20)17(21)18(26-14)23-9-7-6-8-10-25-27(5,22)13(3)4/h12-21H,6-11H2,1-5H3. The third-order valence-electron chi connectivity index (χ3n) is 4.62. The molecule has 0 aromatic carbocycles. The second-order valence-corrected chi connectivity index (χ2v) is 10.8. The van der Waals surface area contributed by atoms with Crippen molar-refractivity contribution in [3.05, 3.63) is 0 Å². The first-order valence-electron chi connectivity index (χ1n) is 9.70. The maximum Gasteiger partial charge on any atom is 0.202 e. The van der Waals surface area contributed by atoms with Gasteiger partial charge in [0, 0.05) is 18.9 Å². The predicted molar refractivity (Wildman–Crippen MR) is 102 cm³/mol. The molecule has 0 aliphatic carbocycles. The molecule has 9 heteroatoms. The van der Waals surface area contributed by atoms with Crippen molar-refractivity contribution in [2.24, 2.45) is 0 Å². The lowest BCUT2D eigenvalue weighted by molar-refractivity contribution is -0.304. The van der Waals surface area contributed by atoms with Gasteiger partial charge in [0.25, 0.3) is 0 Å². The fourth-order valence-electron chi connectivity index (χ4n) is 2.45. The van der Waals surface area contributed by atoms with Crippen LogP contribution in [0.25, 0.3) is 0 Å². The molecule has 1 aliphatic heterocycles. The average Bonchev–Trinajstić information content (AvgIpc) is 2.59. The summed E-state index contributed by atoms with van der Waals surface area (Å²) in [5.41, 5.74) is 0.0140. The molecule has 0 aromatic rings. The van der Waals surface area contributed by atoms with Gasteiger partial charge in [-0.15, -0.1) is 0 Å². The van der Waals surface area contributed by atoms with Crippen LogP contribution in [0.1, 0.15) is 47.0 Å². The Kier molecular flexibility index (Phi) is 10.9. The summed E-state index contributed by atoms with van der Waals surface area (Å²) in [5, 5.41) is 30.0. The lowest BCUT2D eigenvalue weighted by atomic mass is 9.99. The Morgan fingerprint density at radius 3 is 2.19 bits per heavy atom. The first kappa shape index (κ1) is 25.0. The molecule has 1 heterocycles. The van der Waals surface area contributed by atoms with E-state index in [4.69, 9.17) is 18.7 Å². The maximum atomic E-state index is 12.1. The molecule has 1 fully saturated rings. The van der Waals surface area contributed by atoms with E-state index in [0.717, 1.165) is 12.8 Å². The molecule has 1 aliphatic rings. The van der Waals surface area contributed by atoms with Crippen molar-refractivity contribution in [1.29, 1.82) is 0 Å². The molecule has 8 nitrogen and oxygen atoms in total. The average molecular weight is 412 g/mol. The van der Waals surface area contributed by atoms with Gasteiger partial charge in [0.1, 0.15) is 24.4 Å². The summed E-state index contributed by atoms with van der Waals surface area (Å²) in [7, 11) is -2.53. The van der Waals surface area contributed by atoms with E-state index >= 15 is 0 Å². The van der Waals surface area contributed by atoms with Crippen molar-refractivity contribution >= 4 is 7.37 Å². The molecule has 0 amide bonds. The second-order valence-electron chi connectivity index (χ2n) is 7.66. The molecule has 6 unspecified atom stereocenters. The molecular weight excluding hydrogens is 375 g/mol. The minimum absolute atomic E-state index is 0.0140. The van der Waals surface area contributed by atoms with Crippen molar-refractivity contribution in [3.63, 3.8) is 0 Å². The van der Waals surface area contributed by atoms with E-state index in [1.165, 1.54) is 0 Å². The smallest absolute Gasteiger partial charge is 0.202 e. The van der Waals surface area contributed by atoms with Gasteiger partial charge >= 0.3 is 0 Å². The van der Waals surface area contributed by atoms with Gasteiger partial charge in [-0.1, -0.05) is 13.8 Å². The van der Waals surface area contributed by atoms with E-state index in [1.54, 1.807) is 6.66 Å². The highest BCUT2D eigenvalue weighted by molar-refractivity contribution is 7.58. The highest BCUT2D eigenvalue weighted by Crippen LogP contribution is 2.47. The number of aliphatic hydroxyl groups is 3. The number of hydrogen-bond donors (Lipinski definition) is 3. The molecule has 1 rings (SSSR count). The Morgan fingerprint density at radius 2 is 1.59 bits per heavy atom. The molecule has 0 aromatic heterocycles. The molecule has 27 heavy (non-hydrogen) atoms. The van der Waals surface area contributed by atoms with Gasteiger partial charge in [0.15, 0.2) is 6.29 Å². The molecule has 162 valence electrons. The fraction of sp³-hybridized carbons (Fsp3) is 1.00. The topological polar surface area (TPSA) is 115 Å². The first-order valence-corrected chi connectivity index (χ1v) is 11.8. The van der Waals surface area contributed by atoms with Gasteiger partial charge in [0.05, 0.1) is 19.3 Å². The van der Waals surface area contributed by atoms with Crippen LogP contribution < -0.4 is 0 Å². The van der Waals surface area contributed by atoms with Crippen LogP contribution in [0.5, 0.6) is 0 Å². The van der Waals surface area contributed by atoms with E-state index in [1.807, 2.05) is 27.7 Å². The normalized spacial score (nSPS) is 31.4. The number of ether oxygens (including phenoxy) is 3. The third kappa shape index (κ3) is 8.46. The molecule has 0 spiro atoms. The number of hydrogen-bond acceptors (Lipinski definition) is 8. The highest BCUT2D eigenvalue weighted by atomic mass is 31.2. The summed E-state index contributed by atoms with van der Waals surface area (Å²) < 4.78 is 34.1. The van der Waals surface area contributed by atoms with Crippen molar-refractivity contribution < 1.29 is 38.6 Å². The van der Waals surface area contributed by atoms with Crippen LogP contribution in [-0.2, 0) is 23.3 Å². The highest BCUT2D eigenvalue weighted by Gasteiger charge is 2.44. The van der Waals surface area contributed by atoms with E-state index in [9.17, 15) is 19.9 Å². The summed E-state index contributed by atoms with van der Waals surface area (Å²) in [6.07, 6.45) is -3.46. The Morgan fingerprint density at radius 1 is 0.963 bits per heavy atom. The Bertz CT molecular complexity index is 459. The van der Waals surface area contributed by atoms with Gasteiger partial charge in [-0.25, -0.2) is 0 Å². The Labute approximate surface area is 162 Å². The van der Waals surface area contributed by atoms with Crippen LogP contribution in [0.4, 0.5) is 0 Å². The fourth-order valence-corrected chi connectivity index (χ4v) is 3.24. The largest absolute Gasteiger partial charge is 0.387 e. The molecule has 0 radical (unpaired) electrons. The van der Waals surface area contributed by atoms with Crippen molar-refractivity contribution in [3.8, 4) is 0 Å². The van der Waals surface area contributed by atoms with E-state index in [-0.39, 0.29) is 18.4 Å². The van der Waals surface area contributed by atoms with E-state index in [0.29, 0.717) is 19.6 Å². The third-order valence-corrected chi connectivity index (χ3v) is 7.19. The van der Waals surface area contributed by atoms with Gasteiger partial charge in [0.2, 0.25) is 7.37 Å². The second kappa shape index (κ2) is 11.8. The van der Waals surface area contributed by atoms with Crippen LogP contribution in [0.2, 0.25) is 0 Å². The van der Waals surface area contributed by atoms with Crippen molar-refractivity contribution in [2.75, 3.05) is 26.5 Å². The van der Waals surface area contributed by atoms with Gasteiger partial charge in [-0.2, -0.15) is 0 Å². The first-order chi connectivity index (χ1) is 12.6. The van der Waals surface area contributed by atoms with Gasteiger partial charge in [-0.05, 0) is 33.1 Å². The van der Waals surface area contributed by atoms with Crippen molar-refractivity contribution in [2.45, 2.75) is 89.4 Å². The lowest BCUT2D eigenvalue weighted by Gasteiger charge is -2.40. The molecule has 6 atom stereocenters. The molecule has 1 saturated heterocycles. The van der Waals surface area contributed by atoms with E-state index < -0.39 is 38.1 Å². The Hall–Kier alpha value is -0.0500. The summed E-state index contributed by atoms with van der Waals surface area (Å²) in [6.45, 7) is 10.0.